The van der Waals surface area contributed by atoms with E-state index in [4.69, 9.17) is 16.3 Å². The number of esters is 1. The molecule has 7 heteroatoms. The minimum Gasteiger partial charge on any atom is -0.466 e. The first kappa shape index (κ1) is 19.4. The van der Waals surface area contributed by atoms with E-state index in [1.807, 2.05) is 25.1 Å². The Morgan fingerprint density at radius 1 is 1.33 bits per heavy atom. The quantitative estimate of drug-likeness (QED) is 0.734. The number of piperidine rings is 1. The fourth-order valence-electron chi connectivity index (χ4n) is 3.51. The lowest BCUT2D eigenvalue weighted by Gasteiger charge is -2.31. The van der Waals surface area contributed by atoms with Crippen LogP contribution in [-0.2, 0) is 16.0 Å². The second-order valence-corrected chi connectivity index (χ2v) is 7.03. The summed E-state index contributed by atoms with van der Waals surface area (Å²) in [5.74, 6) is -0.565. The van der Waals surface area contributed by atoms with Crippen LogP contribution in [-0.4, -0.2) is 46.3 Å². The highest BCUT2D eigenvalue weighted by Gasteiger charge is 2.31. The van der Waals surface area contributed by atoms with Gasteiger partial charge in [0.05, 0.1) is 35.7 Å². The Morgan fingerprint density at radius 2 is 2.15 bits per heavy atom. The molecule has 2 aromatic rings. The molecule has 1 aromatic heterocycles. The zero-order valence-corrected chi connectivity index (χ0v) is 16.4. The van der Waals surface area contributed by atoms with E-state index < -0.39 is 0 Å². The first-order chi connectivity index (χ1) is 13.0. The lowest BCUT2D eigenvalue weighted by molar-refractivity contribution is -0.149. The molecule has 0 bridgehead atoms. The normalized spacial score (nSPS) is 17.0. The number of hydrogen-bond donors (Lipinski definition) is 0. The van der Waals surface area contributed by atoms with Gasteiger partial charge in [-0.3, -0.25) is 9.59 Å². The number of benzene rings is 1. The van der Waals surface area contributed by atoms with Crippen molar-refractivity contribution in [2.45, 2.75) is 33.1 Å². The predicted octanol–water partition coefficient (Wildman–Crippen LogP) is 3.50. The maximum Gasteiger partial charge on any atom is 0.310 e. The Balaban J connectivity index is 1.84. The number of carbonyl (C=O) groups excluding carboxylic acids is 2. The van der Waals surface area contributed by atoms with Gasteiger partial charge >= 0.3 is 5.97 Å². The zero-order chi connectivity index (χ0) is 19.4. The number of carbonyl (C=O) groups is 2. The average Bonchev–Trinajstić information content (AvgIpc) is 3.11. The first-order valence-corrected chi connectivity index (χ1v) is 9.71. The van der Waals surface area contributed by atoms with Crippen molar-refractivity contribution in [3.63, 3.8) is 0 Å². The molecule has 27 heavy (non-hydrogen) atoms. The molecule has 0 radical (unpaired) electrons. The van der Waals surface area contributed by atoms with Crippen molar-refractivity contribution in [3.05, 3.63) is 46.7 Å². The molecule has 0 spiro atoms. The zero-order valence-electron chi connectivity index (χ0n) is 15.7. The molecule has 0 unspecified atom stereocenters. The molecule has 3 rings (SSSR count). The third-order valence-corrected chi connectivity index (χ3v) is 5.05. The summed E-state index contributed by atoms with van der Waals surface area (Å²) in [5.41, 5.74) is 2.23. The van der Waals surface area contributed by atoms with Crippen LogP contribution in [0.15, 0.2) is 30.5 Å². The summed E-state index contributed by atoms with van der Waals surface area (Å²) in [4.78, 5) is 26.9. The van der Waals surface area contributed by atoms with Crippen LogP contribution in [0.2, 0.25) is 5.02 Å². The molecule has 1 aromatic carbocycles. The lowest BCUT2D eigenvalue weighted by Crippen LogP contribution is -2.43. The van der Waals surface area contributed by atoms with Gasteiger partial charge in [0.2, 0.25) is 0 Å². The number of aromatic nitrogens is 2. The van der Waals surface area contributed by atoms with Gasteiger partial charge in [0.25, 0.3) is 5.91 Å². The summed E-state index contributed by atoms with van der Waals surface area (Å²) >= 11 is 6.09. The molecule has 1 saturated heterocycles. The number of nitrogens with zero attached hydrogens (tertiary/aromatic N) is 3. The standard InChI is InChI=1S/C20H24ClN3O3/c1-3-18-17(12-22-24(18)16-9-5-8-15(21)11-16)19(25)23-10-6-7-14(13-23)20(26)27-4-2/h5,8-9,11-12,14H,3-4,6-7,10,13H2,1-2H3/t14-/m1/s1. The monoisotopic (exact) mass is 389 g/mol. The average molecular weight is 390 g/mol. The van der Waals surface area contributed by atoms with E-state index in [9.17, 15) is 9.59 Å². The summed E-state index contributed by atoms with van der Waals surface area (Å²) < 4.78 is 6.88. The third kappa shape index (κ3) is 4.16. The van der Waals surface area contributed by atoms with Crippen LogP contribution in [0.25, 0.3) is 5.69 Å². The van der Waals surface area contributed by atoms with Crippen LogP contribution >= 0.6 is 11.6 Å². The molecule has 2 heterocycles. The van der Waals surface area contributed by atoms with Crippen molar-refractivity contribution in [2.75, 3.05) is 19.7 Å². The van der Waals surface area contributed by atoms with E-state index in [0.717, 1.165) is 24.2 Å². The Hall–Kier alpha value is -2.34. The van der Waals surface area contributed by atoms with Crippen molar-refractivity contribution in [1.29, 1.82) is 0 Å². The summed E-state index contributed by atoms with van der Waals surface area (Å²) in [6.45, 7) is 5.17. The van der Waals surface area contributed by atoms with Gasteiger partial charge in [-0.25, -0.2) is 4.68 Å². The second kappa shape index (κ2) is 8.57. The van der Waals surface area contributed by atoms with E-state index >= 15 is 0 Å². The topological polar surface area (TPSA) is 64.4 Å². The molecule has 0 N–H and O–H groups in total. The number of likely N-dealkylation sites (tertiary alicyclic amines) is 1. The minimum absolute atomic E-state index is 0.0888. The van der Waals surface area contributed by atoms with Crippen LogP contribution in [0.4, 0.5) is 0 Å². The highest BCUT2D eigenvalue weighted by atomic mass is 35.5. The predicted molar refractivity (Wildman–Crippen MR) is 103 cm³/mol. The van der Waals surface area contributed by atoms with E-state index in [1.165, 1.54) is 0 Å². The van der Waals surface area contributed by atoms with Gasteiger partial charge in [-0.15, -0.1) is 0 Å². The van der Waals surface area contributed by atoms with Gasteiger partial charge in [0.15, 0.2) is 0 Å². The fourth-order valence-corrected chi connectivity index (χ4v) is 3.69. The van der Waals surface area contributed by atoms with Crippen LogP contribution in [0.5, 0.6) is 0 Å². The van der Waals surface area contributed by atoms with Gasteiger partial charge in [0, 0.05) is 18.1 Å². The van der Waals surface area contributed by atoms with E-state index in [-0.39, 0.29) is 17.8 Å². The van der Waals surface area contributed by atoms with Crippen LogP contribution in [0, 0.1) is 5.92 Å². The smallest absolute Gasteiger partial charge is 0.310 e. The molecular weight excluding hydrogens is 366 g/mol. The maximum atomic E-state index is 13.1. The summed E-state index contributed by atoms with van der Waals surface area (Å²) in [7, 11) is 0. The first-order valence-electron chi connectivity index (χ1n) is 9.33. The lowest BCUT2D eigenvalue weighted by atomic mass is 9.97. The molecule has 0 saturated carbocycles. The molecule has 1 atom stereocenters. The van der Waals surface area contributed by atoms with Gasteiger partial charge in [-0.1, -0.05) is 24.6 Å². The summed E-state index contributed by atoms with van der Waals surface area (Å²) in [6.07, 6.45) is 3.81. The van der Waals surface area contributed by atoms with Crippen molar-refractivity contribution >= 4 is 23.5 Å². The van der Waals surface area contributed by atoms with Crippen LogP contribution in [0.3, 0.4) is 0 Å². The third-order valence-electron chi connectivity index (χ3n) is 4.82. The van der Waals surface area contributed by atoms with Gasteiger partial charge in [-0.05, 0) is 44.4 Å². The summed E-state index contributed by atoms with van der Waals surface area (Å²) in [6, 6.07) is 7.38. The highest BCUT2D eigenvalue weighted by molar-refractivity contribution is 6.30. The Bertz CT molecular complexity index is 834. The van der Waals surface area contributed by atoms with Gasteiger partial charge < -0.3 is 9.64 Å². The van der Waals surface area contributed by atoms with Gasteiger partial charge in [-0.2, -0.15) is 5.10 Å². The molecule has 144 valence electrons. The van der Waals surface area contributed by atoms with Gasteiger partial charge in [0.1, 0.15) is 0 Å². The Labute approximate surface area is 164 Å². The van der Waals surface area contributed by atoms with Crippen molar-refractivity contribution < 1.29 is 14.3 Å². The number of ether oxygens (including phenoxy) is 1. The van der Waals surface area contributed by atoms with Crippen molar-refractivity contribution in [1.82, 2.24) is 14.7 Å². The van der Waals surface area contributed by atoms with Crippen molar-refractivity contribution in [2.24, 2.45) is 5.92 Å². The van der Waals surface area contributed by atoms with E-state index in [2.05, 4.69) is 5.10 Å². The SMILES string of the molecule is CCOC(=O)[C@@H]1CCCN(C(=O)c2cnn(-c3cccc(Cl)c3)c2CC)C1. The Morgan fingerprint density at radius 3 is 2.85 bits per heavy atom. The minimum atomic E-state index is -0.254. The maximum absolute atomic E-state index is 13.1. The molecular formula is C20H24ClN3O3. The molecule has 1 amide bonds. The van der Waals surface area contributed by atoms with Crippen molar-refractivity contribution in [3.8, 4) is 5.69 Å². The number of halogens is 1. The fraction of sp³-hybridized carbons (Fsp3) is 0.450. The molecule has 6 nitrogen and oxygen atoms in total. The van der Waals surface area contributed by atoms with Crippen LogP contribution < -0.4 is 0 Å². The van der Waals surface area contributed by atoms with E-state index in [1.54, 1.807) is 28.8 Å². The second-order valence-electron chi connectivity index (χ2n) is 6.59. The highest BCUT2D eigenvalue weighted by Crippen LogP contribution is 2.23. The molecule has 1 fully saturated rings. The molecule has 0 aliphatic carbocycles. The van der Waals surface area contributed by atoms with E-state index in [0.29, 0.717) is 36.7 Å². The molecule has 1 aliphatic heterocycles. The number of hydrogen-bond acceptors (Lipinski definition) is 4. The largest absolute Gasteiger partial charge is 0.466 e. The summed E-state index contributed by atoms with van der Waals surface area (Å²) in [5, 5.41) is 5.03. The molecule has 1 aliphatic rings. The van der Waals surface area contributed by atoms with Crippen LogP contribution in [0.1, 0.15) is 42.7 Å². The number of rotatable bonds is 5. The Kier molecular flexibility index (Phi) is 6.16. The number of amides is 1.